The van der Waals surface area contributed by atoms with E-state index in [1.807, 2.05) is 0 Å². The molecule has 0 spiro atoms. The second-order valence-electron chi connectivity index (χ2n) is 4.77. The molecular weight excluding hydrogens is 176 g/mol. The van der Waals surface area contributed by atoms with Gasteiger partial charge in [0.15, 0.2) is 0 Å². The zero-order chi connectivity index (χ0) is 9.97. The summed E-state index contributed by atoms with van der Waals surface area (Å²) in [5.41, 5.74) is 6.19. The van der Waals surface area contributed by atoms with E-state index in [9.17, 15) is 0 Å². The summed E-state index contributed by atoms with van der Waals surface area (Å²) in [7, 11) is 0. The molecule has 1 saturated carbocycles. The summed E-state index contributed by atoms with van der Waals surface area (Å²) in [5.74, 6) is 0.796. The van der Waals surface area contributed by atoms with Crippen molar-refractivity contribution in [3.05, 3.63) is 0 Å². The topological polar surface area (TPSA) is 38.5 Å². The average Bonchev–Trinajstić information content (AvgIpc) is 2.05. The number of nitrogens with zero attached hydrogens (tertiary/aromatic N) is 1. The zero-order valence-corrected chi connectivity index (χ0v) is 9.11. The molecule has 0 radical (unpaired) electrons. The third kappa shape index (κ3) is 2.27. The van der Waals surface area contributed by atoms with Gasteiger partial charge in [-0.1, -0.05) is 6.42 Å². The Hall–Kier alpha value is -0.120. The van der Waals surface area contributed by atoms with E-state index in [2.05, 4.69) is 11.8 Å². The molecule has 14 heavy (non-hydrogen) atoms. The Kier molecular flexibility index (Phi) is 3.42. The summed E-state index contributed by atoms with van der Waals surface area (Å²) < 4.78 is 5.41. The van der Waals surface area contributed by atoms with E-state index in [1.54, 1.807) is 0 Å². The lowest BCUT2D eigenvalue weighted by Crippen LogP contribution is -2.51. The van der Waals surface area contributed by atoms with E-state index in [0.717, 1.165) is 32.2 Å². The molecule has 1 saturated heterocycles. The molecule has 2 aliphatic rings. The van der Waals surface area contributed by atoms with Crippen molar-refractivity contribution in [2.45, 2.75) is 38.3 Å². The molecule has 2 N–H and O–H groups in total. The highest BCUT2D eigenvalue weighted by Crippen LogP contribution is 2.29. The van der Waals surface area contributed by atoms with Crippen molar-refractivity contribution < 1.29 is 4.74 Å². The Bertz CT molecular complexity index is 182. The van der Waals surface area contributed by atoms with Crippen molar-refractivity contribution in [1.82, 2.24) is 4.90 Å². The highest BCUT2D eigenvalue weighted by atomic mass is 16.5. The molecule has 2 fully saturated rings. The first-order chi connectivity index (χ1) is 6.77. The molecule has 0 aromatic rings. The van der Waals surface area contributed by atoms with Crippen LogP contribution in [0.25, 0.3) is 0 Å². The average molecular weight is 198 g/mol. The van der Waals surface area contributed by atoms with Crippen LogP contribution in [0.5, 0.6) is 0 Å². The smallest absolute Gasteiger partial charge is 0.0619 e. The van der Waals surface area contributed by atoms with Gasteiger partial charge in [0.2, 0.25) is 0 Å². The fourth-order valence-electron chi connectivity index (χ4n) is 2.32. The Morgan fingerprint density at radius 3 is 2.86 bits per heavy atom. The number of hydrogen-bond donors (Lipinski definition) is 1. The molecule has 3 heteroatoms. The summed E-state index contributed by atoms with van der Waals surface area (Å²) in [6, 6.07) is 0.944. The van der Waals surface area contributed by atoms with Crippen LogP contribution in [0.4, 0.5) is 0 Å². The number of hydrogen-bond acceptors (Lipinski definition) is 3. The summed E-state index contributed by atoms with van der Waals surface area (Å²) in [4.78, 5) is 2.48. The van der Waals surface area contributed by atoms with Gasteiger partial charge in [0.1, 0.15) is 0 Å². The van der Waals surface area contributed by atoms with Gasteiger partial charge >= 0.3 is 0 Å². The van der Waals surface area contributed by atoms with Crippen LogP contribution in [0.3, 0.4) is 0 Å². The van der Waals surface area contributed by atoms with Gasteiger partial charge in [-0.15, -0.1) is 0 Å². The van der Waals surface area contributed by atoms with E-state index in [-0.39, 0.29) is 0 Å². The van der Waals surface area contributed by atoms with Gasteiger partial charge in [-0.05, 0) is 25.7 Å². The highest BCUT2D eigenvalue weighted by molar-refractivity contribution is 4.84. The molecule has 2 unspecified atom stereocenters. The molecule has 2 rings (SSSR count). The maximum absolute atomic E-state index is 6.19. The molecule has 3 nitrogen and oxygen atoms in total. The minimum absolute atomic E-state index is 0.393. The van der Waals surface area contributed by atoms with Gasteiger partial charge in [-0.3, -0.25) is 4.90 Å². The first kappa shape index (κ1) is 10.4. The fourth-order valence-corrected chi connectivity index (χ4v) is 2.32. The van der Waals surface area contributed by atoms with Crippen molar-refractivity contribution in [3.8, 4) is 0 Å². The van der Waals surface area contributed by atoms with Gasteiger partial charge in [-0.25, -0.2) is 0 Å². The van der Waals surface area contributed by atoms with E-state index in [4.69, 9.17) is 10.5 Å². The van der Waals surface area contributed by atoms with Crippen molar-refractivity contribution in [1.29, 1.82) is 0 Å². The normalized spacial score (nSPS) is 32.6. The molecule has 1 aliphatic carbocycles. The second kappa shape index (κ2) is 4.60. The van der Waals surface area contributed by atoms with Crippen LogP contribution in [0.2, 0.25) is 0 Å². The summed E-state index contributed by atoms with van der Waals surface area (Å²) >= 11 is 0. The standard InChI is InChI=1S/C11H22N2O/c1-9-8-14-6-5-13(9)7-11(12)10-3-2-4-10/h9-11H,2-8,12H2,1H3. The van der Waals surface area contributed by atoms with Gasteiger partial charge in [0.25, 0.3) is 0 Å². The van der Waals surface area contributed by atoms with Crippen molar-refractivity contribution in [2.24, 2.45) is 11.7 Å². The molecule has 2 atom stereocenters. The Morgan fingerprint density at radius 1 is 1.50 bits per heavy atom. The lowest BCUT2D eigenvalue weighted by molar-refractivity contribution is -0.00733. The minimum Gasteiger partial charge on any atom is -0.379 e. The van der Waals surface area contributed by atoms with Crippen LogP contribution in [0, 0.1) is 5.92 Å². The monoisotopic (exact) mass is 198 g/mol. The summed E-state index contributed by atoms with van der Waals surface area (Å²) in [6.07, 6.45) is 4.08. The van der Waals surface area contributed by atoms with Crippen LogP contribution in [0.1, 0.15) is 26.2 Å². The number of rotatable bonds is 3. The molecule has 82 valence electrons. The van der Waals surface area contributed by atoms with Crippen molar-refractivity contribution in [2.75, 3.05) is 26.3 Å². The number of morpholine rings is 1. The molecule has 1 heterocycles. The SMILES string of the molecule is CC1COCCN1CC(N)C1CCC1. The van der Waals surface area contributed by atoms with Gasteiger partial charge in [-0.2, -0.15) is 0 Å². The van der Waals surface area contributed by atoms with E-state index in [1.165, 1.54) is 19.3 Å². The maximum atomic E-state index is 6.19. The quantitative estimate of drug-likeness (QED) is 0.730. The molecule has 0 aromatic heterocycles. The predicted molar refractivity (Wildman–Crippen MR) is 57.2 cm³/mol. The predicted octanol–water partition coefficient (Wildman–Crippen LogP) is 0.834. The van der Waals surface area contributed by atoms with Gasteiger partial charge in [0.05, 0.1) is 13.2 Å². The number of nitrogens with two attached hydrogens (primary N) is 1. The van der Waals surface area contributed by atoms with Crippen molar-refractivity contribution >= 4 is 0 Å². The van der Waals surface area contributed by atoms with Gasteiger partial charge < -0.3 is 10.5 Å². The third-order valence-electron chi connectivity index (χ3n) is 3.71. The first-order valence-electron chi connectivity index (χ1n) is 5.85. The van der Waals surface area contributed by atoms with Crippen LogP contribution in [-0.2, 0) is 4.74 Å². The minimum atomic E-state index is 0.393. The highest BCUT2D eigenvalue weighted by Gasteiger charge is 2.28. The third-order valence-corrected chi connectivity index (χ3v) is 3.71. The Balaban J connectivity index is 1.76. The van der Waals surface area contributed by atoms with Crippen LogP contribution in [-0.4, -0.2) is 43.3 Å². The van der Waals surface area contributed by atoms with Crippen LogP contribution < -0.4 is 5.73 Å². The van der Waals surface area contributed by atoms with E-state index < -0.39 is 0 Å². The lowest BCUT2D eigenvalue weighted by atomic mass is 9.80. The van der Waals surface area contributed by atoms with Crippen LogP contribution >= 0.6 is 0 Å². The fraction of sp³-hybridized carbons (Fsp3) is 1.00. The number of ether oxygens (including phenoxy) is 1. The Labute approximate surface area is 86.6 Å². The summed E-state index contributed by atoms with van der Waals surface area (Å²) in [5, 5.41) is 0. The lowest BCUT2D eigenvalue weighted by Gasteiger charge is -2.39. The largest absolute Gasteiger partial charge is 0.379 e. The van der Waals surface area contributed by atoms with E-state index in [0.29, 0.717) is 12.1 Å². The second-order valence-corrected chi connectivity index (χ2v) is 4.77. The first-order valence-corrected chi connectivity index (χ1v) is 5.85. The maximum Gasteiger partial charge on any atom is 0.0619 e. The molecule has 0 amide bonds. The van der Waals surface area contributed by atoms with Crippen LogP contribution in [0.15, 0.2) is 0 Å². The van der Waals surface area contributed by atoms with Crippen molar-refractivity contribution in [3.63, 3.8) is 0 Å². The molecule has 0 aromatic carbocycles. The zero-order valence-electron chi connectivity index (χ0n) is 9.11. The molecular formula is C11H22N2O. The Morgan fingerprint density at radius 2 is 2.29 bits per heavy atom. The molecule has 0 bridgehead atoms. The molecule has 1 aliphatic heterocycles. The summed E-state index contributed by atoms with van der Waals surface area (Å²) in [6.45, 7) is 6.10. The van der Waals surface area contributed by atoms with Gasteiger partial charge in [0, 0.05) is 25.2 Å². The van der Waals surface area contributed by atoms with E-state index >= 15 is 0 Å².